The number of anilines is 2. The van der Waals surface area contributed by atoms with Crippen LogP contribution in [-0.4, -0.2) is 58.6 Å². The summed E-state index contributed by atoms with van der Waals surface area (Å²) in [5.74, 6) is -0.387. The number of ether oxygens (including phenoxy) is 1. The van der Waals surface area contributed by atoms with Crippen LogP contribution in [0, 0.1) is 0 Å². The van der Waals surface area contributed by atoms with E-state index in [1.54, 1.807) is 62.4 Å². The number of carbonyl (C=O) groups is 3. The Hall–Kier alpha value is -3.01. The molecule has 0 spiro atoms. The number of halogens is 2. The lowest BCUT2D eigenvalue weighted by molar-refractivity contribution is -0.140. The van der Waals surface area contributed by atoms with Gasteiger partial charge in [0.05, 0.1) is 12.6 Å². The first kappa shape index (κ1) is 25.6. The number of hydrogen-bond donors (Lipinski definition) is 2. The number of hydrogen-bond acceptors (Lipinski definition) is 5. The van der Waals surface area contributed by atoms with E-state index in [0.717, 1.165) is 0 Å². The molecule has 3 rings (SSSR count). The van der Waals surface area contributed by atoms with Gasteiger partial charge in [-0.3, -0.25) is 14.9 Å². The largest absolute Gasteiger partial charge is 0.469 e. The molecule has 2 aromatic carbocycles. The Balaban J connectivity index is 1.91. The third-order valence-electron chi connectivity index (χ3n) is 5.64. The van der Waals surface area contributed by atoms with Crippen molar-refractivity contribution in [2.24, 2.45) is 0 Å². The van der Waals surface area contributed by atoms with Crippen molar-refractivity contribution in [2.45, 2.75) is 38.4 Å². The molecular formula is C23H26Cl2N4O5. The molecule has 1 atom stereocenters. The Morgan fingerprint density at radius 2 is 1.65 bits per heavy atom. The Labute approximate surface area is 207 Å². The molecule has 1 heterocycles. The maximum absolute atomic E-state index is 13.5. The Morgan fingerprint density at radius 1 is 1.09 bits per heavy atom. The van der Waals surface area contributed by atoms with Crippen LogP contribution in [0.15, 0.2) is 48.5 Å². The van der Waals surface area contributed by atoms with Crippen LogP contribution in [0.5, 0.6) is 0 Å². The van der Waals surface area contributed by atoms with Crippen molar-refractivity contribution < 1.29 is 24.3 Å². The van der Waals surface area contributed by atoms with Gasteiger partial charge >= 0.3 is 18.0 Å². The monoisotopic (exact) mass is 508 g/mol. The van der Waals surface area contributed by atoms with Gasteiger partial charge in [0, 0.05) is 34.4 Å². The molecule has 34 heavy (non-hydrogen) atoms. The van der Waals surface area contributed by atoms with Gasteiger partial charge in [0.2, 0.25) is 0 Å². The van der Waals surface area contributed by atoms with Crippen molar-refractivity contribution in [3.8, 4) is 0 Å². The van der Waals surface area contributed by atoms with E-state index in [1.807, 2.05) is 0 Å². The smallest absolute Gasteiger partial charge is 0.347 e. The number of hydroxylamine groups is 2. The number of urea groups is 2. The van der Waals surface area contributed by atoms with Crippen LogP contribution in [0.3, 0.4) is 0 Å². The number of methoxy groups -OCH3 is 1. The van der Waals surface area contributed by atoms with E-state index in [1.165, 1.54) is 16.9 Å². The van der Waals surface area contributed by atoms with E-state index in [9.17, 15) is 19.6 Å². The molecule has 1 aliphatic rings. The van der Waals surface area contributed by atoms with Crippen molar-refractivity contribution in [3.05, 3.63) is 58.6 Å². The topological polar surface area (TPSA) is 102 Å². The maximum atomic E-state index is 13.5. The number of esters is 1. The Bertz CT molecular complexity index is 1050. The molecule has 11 heteroatoms. The molecule has 4 amide bonds. The molecule has 2 aromatic rings. The molecule has 182 valence electrons. The summed E-state index contributed by atoms with van der Waals surface area (Å²) >= 11 is 11.9. The SMILES string of the molecule is COC(=O)CCCN1C(=O)N(c2ccc(Cl)cc2)[C@@H](N(O)C(=O)Nc2ccc(Cl)cc2)C1(C)C. The van der Waals surface area contributed by atoms with Crippen LogP contribution < -0.4 is 10.2 Å². The first-order valence-electron chi connectivity index (χ1n) is 10.5. The lowest BCUT2D eigenvalue weighted by atomic mass is 9.99. The van der Waals surface area contributed by atoms with Crippen molar-refractivity contribution in [3.63, 3.8) is 0 Å². The minimum Gasteiger partial charge on any atom is -0.469 e. The second kappa shape index (κ2) is 10.5. The quantitative estimate of drug-likeness (QED) is 0.303. The first-order valence-corrected chi connectivity index (χ1v) is 11.3. The second-order valence-corrected chi connectivity index (χ2v) is 9.14. The van der Waals surface area contributed by atoms with Gasteiger partial charge in [0.15, 0.2) is 6.17 Å². The summed E-state index contributed by atoms with van der Waals surface area (Å²) < 4.78 is 4.68. The summed E-state index contributed by atoms with van der Waals surface area (Å²) in [6.07, 6.45) is -0.612. The molecule has 0 bridgehead atoms. The number of rotatable bonds is 7. The van der Waals surface area contributed by atoms with Crippen LogP contribution in [0.1, 0.15) is 26.7 Å². The van der Waals surface area contributed by atoms with Gasteiger partial charge in [-0.15, -0.1) is 0 Å². The van der Waals surface area contributed by atoms with Crippen molar-refractivity contribution >= 4 is 52.6 Å². The second-order valence-electron chi connectivity index (χ2n) is 8.27. The molecule has 1 fully saturated rings. The van der Waals surface area contributed by atoms with Gasteiger partial charge in [-0.1, -0.05) is 23.2 Å². The lowest BCUT2D eigenvalue weighted by Crippen LogP contribution is -2.58. The zero-order valence-electron chi connectivity index (χ0n) is 19.0. The highest BCUT2D eigenvalue weighted by Crippen LogP contribution is 2.38. The highest BCUT2D eigenvalue weighted by atomic mass is 35.5. The minimum atomic E-state index is -1.09. The first-order chi connectivity index (χ1) is 16.1. The average molecular weight is 509 g/mol. The Kier molecular flexibility index (Phi) is 7.91. The van der Waals surface area contributed by atoms with Gasteiger partial charge < -0.3 is 15.0 Å². The van der Waals surface area contributed by atoms with E-state index >= 15 is 0 Å². The van der Waals surface area contributed by atoms with Gasteiger partial charge in [0.25, 0.3) is 0 Å². The molecule has 0 aromatic heterocycles. The molecule has 2 N–H and O–H groups in total. The summed E-state index contributed by atoms with van der Waals surface area (Å²) in [5.41, 5.74) is -0.163. The summed E-state index contributed by atoms with van der Waals surface area (Å²) in [6.45, 7) is 3.69. The predicted molar refractivity (Wildman–Crippen MR) is 129 cm³/mol. The molecule has 0 radical (unpaired) electrons. The molecule has 0 aliphatic carbocycles. The van der Waals surface area contributed by atoms with E-state index in [-0.39, 0.29) is 18.9 Å². The predicted octanol–water partition coefficient (Wildman–Crippen LogP) is 5.22. The fourth-order valence-electron chi connectivity index (χ4n) is 3.89. The van der Waals surface area contributed by atoms with E-state index < -0.39 is 23.8 Å². The normalized spacial score (nSPS) is 17.0. The third-order valence-corrected chi connectivity index (χ3v) is 6.14. The fourth-order valence-corrected chi connectivity index (χ4v) is 4.14. The summed E-state index contributed by atoms with van der Waals surface area (Å²) in [4.78, 5) is 40.9. The van der Waals surface area contributed by atoms with Crippen LogP contribution >= 0.6 is 23.2 Å². The summed E-state index contributed by atoms with van der Waals surface area (Å²) in [5, 5.41) is 15.1. The van der Waals surface area contributed by atoms with Crippen LogP contribution in [0.25, 0.3) is 0 Å². The third kappa shape index (κ3) is 5.38. The van der Waals surface area contributed by atoms with E-state index in [4.69, 9.17) is 23.2 Å². The molecule has 1 saturated heterocycles. The number of amides is 4. The standard InChI is InChI=1S/C23H26Cl2N4O5/c1-23(2)20(29(33)21(31)26-17-10-6-15(24)7-11-17)28(18-12-8-16(25)9-13-18)22(32)27(23)14-4-5-19(30)34-3/h6-13,20,33H,4-5,14H2,1-3H3,(H,26,31)/t20-/m0/s1. The molecule has 1 aliphatic heterocycles. The van der Waals surface area contributed by atoms with Gasteiger partial charge in [-0.05, 0) is 68.8 Å². The highest BCUT2D eigenvalue weighted by Gasteiger charge is 2.55. The highest BCUT2D eigenvalue weighted by molar-refractivity contribution is 6.31. The van der Waals surface area contributed by atoms with E-state index in [0.29, 0.717) is 32.9 Å². The van der Waals surface area contributed by atoms with Crippen molar-refractivity contribution in [2.75, 3.05) is 23.9 Å². The van der Waals surface area contributed by atoms with Gasteiger partial charge in [-0.2, -0.15) is 5.06 Å². The van der Waals surface area contributed by atoms with Crippen molar-refractivity contribution in [1.29, 1.82) is 0 Å². The lowest BCUT2D eigenvalue weighted by Gasteiger charge is -2.38. The number of nitrogens with zero attached hydrogens (tertiary/aromatic N) is 3. The molecule has 9 nitrogen and oxygen atoms in total. The molecule has 0 unspecified atom stereocenters. The van der Waals surface area contributed by atoms with Crippen LogP contribution in [0.4, 0.5) is 21.0 Å². The van der Waals surface area contributed by atoms with Gasteiger partial charge in [0.1, 0.15) is 0 Å². The summed E-state index contributed by atoms with van der Waals surface area (Å²) in [6, 6.07) is 11.6. The van der Waals surface area contributed by atoms with E-state index in [2.05, 4.69) is 10.1 Å². The summed E-state index contributed by atoms with van der Waals surface area (Å²) in [7, 11) is 1.30. The Morgan fingerprint density at radius 3 is 2.21 bits per heavy atom. The van der Waals surface area contributed by atoms with Crippen molar-refractivity contribution in [1.82, 2.24) is 9.96 Å². The number of benzene rings is 2. The average Bonchev–Trinajstić information content (AvgIpc) is 3.00. The van der Waals surface area contributed by atoms with Crippen LogP contribution in [0.2, 0.25) is 10.0 Å². The zero-order chi connectivity index (χ0) is 25.0. The molecular weight excluding hydrogens is 483 g/mol. The molecule has 0 saturated carbocycles. The van der Waals surface area contributed by atoms with Crippen LogP contribution in [-0.2, 0) is 9.53 Å². The number of nitrogens with one attached hydrogen (secondary N) is 1. The minimum absolute atomic E-state index is 0.127. The zero-order valence-corrected chi connectivity index (χ0v) is 20.5. The number of carbonyl (C=O) groups excluding carboxylic acids is 3. The maximum Gasteiger partial charge on any atom is 0.347 e. The van der Waals surface area contributed by atoms with Gasteiger partial charge in [-0.25, -0.2) is 9.59 Å². The fraction of sp³-hybridized carbons (Fsp3) is 0.348.